The van der Waals surface area contributed by atoms with Gasteiger partial charge in [0, 0.05) is 18.7 Å². The molecule has 0 bridgehead atoms. The van der Waals surface area contributed by atoms with Gasteiger partial charge < -0.3 is 25.4 Å². The molecule has 0 saturated heterocycles. The molecule has 0 heterocycles. The fourth-order valence-electron chi connectivity index (χ4n) is 2.83. The molecule has 0 saturated carbocycles. The van der Waals surface area contributed by atoms with Gasteiger partial charge in [-0.05, 0) is 56.5 Å². The van der Waals surface area contributed by atoms with E-state index in [1.807, 2.05) is 36.4 Å². The molecule has 8 nitrogen and oxygen atoms in total. The summed E-state index contributed by atoms with van der Waals surface area (Å²) in [6.45, 7) is 5.28. The minimum atomic E-state index is -0.663. The van der Waals surface area contributed by atoms with E-state index in [9.17, 15) is 14.4 Å². The molecule has 3 amide bonds. The predicted octanol–water partition coefficient (Wildman–Crippen LogP) is 3.41. The molecular weight excluding hydrogens is 410 g/mol. The molecule has 8 heteroatoms. The molecule has 0 fully saturated rings. The van der Waals surface area contributed by atoms with Crippen molar-refractivity contribution in [3.63, 3.8) is 0 Å². The first kappa shape index (κ1) is 24.7. The topological polar surface area (TPSA) is 106 Å². The summed E-state index contributed by atoms with van der Waals surface area (Å²) >= 11 is 0. The van der Waals surface area contributed by atoms with E-state index in [1.54, 1.807) is 40.0 Å². The summed E-state index contributed by atoms with van der Waals surface area (Å²) < 4.78 is 10.3. The molecule has 0 aromatic heterocycles. The maximum atomic E-state index is 12.3. The Kier molecular flexibility index (Phi) is 9.07. The van der Waals surface area contributed by atoms with Crippen LogP contribution in [0, 0.1) is 0 Å². The Bertz CT molecular complexity index is 937. The minimum absolute atomic E-state index is 0.0967. The van der Waals surface area contributed by atoms with Gasteiger partial charge in [0.1, 0.15) is 17.9 Å². The number of nitrogens with one attached hydrogen (secondary N) is 3. The molecule has 172 valence electrons. The number of carbonyl (C=O) groups is 3. The molecule has 0 spiro atoms. The van der Waals surface area contributed by atoms with E-state index in [0.717, 1.165) is 16.9 Å². The summed E-state index contributed by atoms with van der Waals surface area (Å²) in [5, 5.41) is 8.04. The quantitative estimate of drug-likeness (QED) is 0.553. The predicted molar refractivity (Wildman–Crippen MR) is 122 cm³/mol. The third-order valence-electron chi connectivity index (χ3n) is 4.33. The zero-order chi connectivity index (χ0) is 23.6. The lowest BCUT2D eigenvalue weighted by Crippen LogP contribution is -2.37. The maximum absolute atomic E-state index is 12.3. The number of amides is 3. The van der Waals surface area contributed by atoms with Crippen molar-refractivity contribution in [1.29, 1.82) is 0 Å². The number of benzene rings is 2. The fraction of sp³-hybridized carbons (Fsp3) is 0.375. The van der Waals surface area contributed by atoms with Crippen molar-refractivity contribution in [1.82, 2.24) is 10.6 Å². The van der Waals surface area contributed by atoms with Crippen molar-refractivity contribution < 1.29 is 23.9 Å². The molecule has 0 aliphatic heterocycles. The Morgan fingerprint density at radius 2 is 1.69 bits per heavy atom. The van der Waals surface area contributed by atoms with Crippen LogP contribution in [0.3, 0.4) is 0 Å². The highest BCUT2D eigenvalue weighted by molar-refractivity contribution is 5.94. The second kappa shape index (κ2) is 11.7. The summed E-state index contributed by atoms with van der Waals surface area (Å²) in [6.07, 6.45) is 0.267. The van der Waals surface area contributed by atoms with Gasteiger partial charge in [-0.3, -0.25) is 9.59 Å². The summed E-state index contributed by atoms with van der Waals surface area (Å²) in [4.78, 5) is 36.2. The summed E-state index contributed by atoms with van der Waals surface area (Å²) in [6, 6.07) is 14.8. The van der Waals surface area contributed by atoms with Crippen molar-refractivity contribution in [2.45, 2.75) is 45.8 Å². The Labute approximate surface area is 188 Å². The van der Waals surface area contributed by atoms with Crippen LogP contribution in [0.2, 0.25) is 0 Å². The standard InChI is InChI=1S/C24H31N3O5/c1-24(2,3)32-23(30)26-16-22(29)27-20-11-6-5-9-18(20)15-25-21(28)13-12-17-8-7-10-19(14-17)31-4/h5-11,14H,12-13,15-16H2,1-4H3,(H,25,28)(H,26,30)(H,27,29). The number of anilines is 1. The van der Waals surface area contributed by atoms with Gasteiger partial charge in [0.05, 0.1) is 7.11 Å². The van der Waals surface area contributed by atoms with E-state index < -0.39 is 17.6 Å². The second-order valence-electron chi connectivity index (χ2n) is 8.19. The zero-order valence-corrected chi connectivity index (χ0v) is 19.0. The number of aryl methyl sites for hydroxylation is 1. The van der Waals surface area contributed by atoms with Gasteiger partial charge in [0.25, 0.3) is 0 Å². The smallest absolute Gasteiger partial charge is 0.408 e. The SMILES string of the molecule is COc1cccc(CCC(=O)NCc2ccccc2NC(=O)CNC(=O)OC(C)(C)C)c1. The Balaban J connectivity index is 1.82. The number of hydrogen-bond donors (Lipinski definition) is 3. The minimum Gasteiger partial charge on any atom is -0.497 e. The number of ether oxygens (including phenoxy) is 2. The van der Waals surface area contributed by atoms with Crippen molar-refractivity contribution in [3.8, 4) is 5.75 Å². The Morgan fingerprint density at radius 3 is 2.41 bits per heavy atom. The van der Waals surface area contributed by atoms with Gasteiger partial charge in [0.2, 0.25) is 11.8 Å². The van der Waals surface area contributed by atoms with Gasteiger partial charge in [-0.1, -0.05) is 30.3 Å². The molecular formula is C24H31N3O5. The van der Waals surface area contributed by atoms with Crippen LogP contribution in [0.5, 0.6) is 5.75 Å². The molecule has 0 atom stereocenters. The van der Waals surface area contributed by atoms with Gasteiger partial charge in [-0.2, -0.15) is 0 Å². The normalized spacial score (nSPS) is 10.8. The molecule has 32 heavy (non-hydrogen) atoms. The van der Waals surface area contributed by atoms with Crippen LogP contribution in [0.25, 0.3) is 0 Å². The third-order valence-corrected chi connectivity index (χ3v) is 4.33. The molecule has 2 aromatic carbocycles. The number of carbonyl (C=O) groups excluding carboxylic acids is 3. The summed E-state index contributed by atoms with van der Waals surface area (Å²) in [7, 11) is 1.61. The average Bonchev–Trinajstić information content (AvgIpc) is 2.74. The van der Waals surface area contributed by atoms with Crippen LogP contribution in [0.15, 0.2) is 48.5 Å². The van der Waals surface area contributed by atoms with Crippen molar-refractivity contribution in [2.75, 3.05) is 19.0 Å². The number of methoxy groups -OCH3 is 1. The number of alkyl carbamates (subject to hydrolysis) is 1. The fourth-order valence-corrected chi connectivity index (χ4v) is 2.83. The van der Waals surface area contributed by atoms with E-state index in [0.29, 0.717) is 18.5 Å². The number of hydrogen-bond acceptors (Lipinski definition) is 5. The van der Waals surface area contributed by atoms with E-state index in [4.69, 9.17) is 9.47 Å². The van der Waals surface area contributed by atoms with Crippen molar-refractivity contribution in [2.24, 2.45) is 0 Å². The van der Waals surface area contributed by atoms with E-state index in [1.165, 1.54) is 0 Å². The third kappa shape index (κ3) is 9.07. The first-order chi connectivity index (χ1) is 15.2. The van der Waals surface area contributed by atoms with Gasteiger partial charge in [-0.25, -0.2) is 4.79 Å². The highest BCUT2D eigenvalue weighted by Gasteiger charge is 2.17. The highest BCUT2D eigenvalue weighted by atomic mass is 16.6. The maximum Gasteiger partial charge on any atom is 0.408 e. The van der Waals surface area contributed by atoms with Gasteiger partial charge in [-0.15, -0.1) is 0 Å². The van der Waals surface area contributed by atoms with Gasteiger partial charge in [0.15, 0.2) is 0 Å². The van der Waals surface area contributed by atoms with Crippen LogP contribution in [0.1, 0.15) is 38.3 Å². The van der Waals surface area contributed by atoms with Crippen LogP contribution < -0.4 is 20.7 Å². The lowest BCUT2D eigenvalue weighted by molar-refractivity contribution is -0.121. The lowest BCUT2D eigenvalue weighted by Gasteiger charge is -2.19. The summed E-state index contributed by atoms with van der Waals surface area (Å²) in [5.41, 5.74) is 1.70. The summed E-state index contributed by atoms with van der Waals surface area (Å²) in [5.74, 6) is 0.266. The first-order valence-electron chi connectivity index (χ1n) is 10.4. The molecule has 0 unspecified atom stereocenters. The van der Waals surface area contributed by atoms with Crippen molar-refractivity contribution >= 4 is 23.6 Å². The molecule has 0 aliphatic carbocycles. The largest absolute Gasteiger partial charge is 0.497 e. The van der Waals surface area contributed by atoms with E-state index in [-0.39, 0.29) is 19.0 Å². The molecule has 2 aromatic rings. The second-order valence-corrected chi connectivity index (χ2v) is 8.19. The van der Waals surface area contributed by atoms with E-state index in [2.05, 4.69) is 16.0 Å². The molecule has 3 N–H and O–H groups in total. The molecule has 0 aliphatic rings. The Hall–Kier alpha value is -3.55. The van der Waals surface area contributed by atoms with Crippen LogP contribution in [-0.4, -0.2) is 37.2 Å². The number of rotatable bonds is 9. The molecule has 0 radical (unpaired) electrons. The zero-order valence-electron chi connectivity index (χ0n) is 19.0. The molecule has 2 rings (SSSR count). The average molecular weight is 442 g/mol. The van der Waals surface area contributed by atoms with Crippen LogP contribution in [0.4, 0.5) is 10.5 Å². The van der Waals surface area contributed by atoms with E-state index >= 15 is 0 Å². The first-order valence-corrected chi connectivity index (χ1v) is 10.4. The van der Waals surface area contributed by atoms with Crippen molar-refractivity contribution in [3.05, 3.63) is 59.7 Å². The Morgan fingerprint density at radius 1 is 0.938 bits per heavy atom. The highest BCUT2D eigenvalue weighted by Crippen LogP contribution is 2.16. The number of para-hydroxylation sites is 1. The monoisotopic (exact) mass is 441 g/mol. The van der Waals surface area contributed by atoms with Gasteiger partial charge >= 0.3 is 6.09 Å². The lowest BCUT2D eigenvalue weighted by atomic mass is 10.1. The van der Waals surface area contributed by atoms with Crippen LogP contribution in [-0.2, 0) is 27.3 Å². The van der Waals surface area contributed by atoms with Crippen LogP contribution >= 0.6 is 0 Å².